The summed E-state index contributed by atoms with van der Waals surface area (Å²) >= 11 is 0. The zero-order chi connectivity index (χ0) is 14.1. The molecule has 1 rings (SSSR count). The lowest BCUT2D eigenvalue weighted by atomic mass is 10.2. The van der Waals surface area contributed by atoms with E-state index in [0.717, 1.165) is 18.1 Å². The van der Waals surface area contributed by atoms with Crippen LogP contribution in [0.5, 0.6) is 5.75 Å². The molecule has 0 spiro atoms. The zero-order valence-electron chi connectivity index (χ0n) is 11.3. The third-order valence-corrected chi connectivity index (χ3v) is 2.61. The summed E-state index contributed by atoms with van der Waals surface area (Å²) in [5.41, 5.74) is 0.794. The number of rotatable bonds is 8. The van der Waals surface area contributed by atoms with Gasteiger partial charge in [-0.25, -0.2) is 4.79 Å². The zero-order valence-corrected chi connectivity index (χ0v) is 11.3. The van der Waals surface area contributed by atoms with Gasteiger partial charge >= 0.3 is 5.97 Å². The number of ether oxygens (including phenoxy) is 2. The van der Waals surface area contributed by atoms with Crippen molar-refractivity contribution >= 4 is 12.0 Å². The smallest absolute Gasteiger partial charge is 0.328 e. The Balaban J connectivity index is 2.42. The van der Waals surface area contributed by atoms with Crippen LogP contribution in [0.1, 0.15) is 25.8 Å². The van der Waals surface area contributed by atoms with Crippen LogP contribution in [0.2, 0.25) is 0 Å². The number of carboxylic acid groups (broad SMARTS) is 1. The molecule has 0 aliphatic heterocycles. The van der Waals surface area contributed by atoms with Gasteiger partial charge in [0.1, 0.15) is 12.4 Å². The fourth-order valence-electron chi connectivity index (χ4n) is 1.40. The third kappa shape index (κ3) is 6.62. The van der Waals surface area contributed by atoms with E-state index in [2.05, 4.69) is 6.92 Å². The van der Waals surface area contributed by atoms with Crippen LogP contribution in [0.15, 0.2) is 30.3 Å². The highest BCUT2D eigenvalue weighted by Crippen LogP contribution is 2.14. The molecular formula is C15H20O4. The first-order valence-corrected chi connectivity index (χ1v) is 6.37. The molecule has 0 aromatic heterocycles. The third-order valence-electron chi connectivity index (χ3n) is 2.61. The summed E-state index contributed by atoms with van der Waals surface area (Å²) in [4.78, 5) is 10.4. The Morgan fingerprint density at radius 3 is 2.89 bits per heavy atom. The molecule has 4 nitrogen and oxygen atoms in total. The van der Waals surface area contributed by atoms with Crippen LogP contribution in [0, 0.1) is 0 Å². The van der Waals surface area contributed by atoms with Crippen LogP contribution in [0.3, 0.4) is 0 Å². The Hall–Kier alpha value is -1.81. The molecule has 1 aromatic carbocycles. The summed E-state index contributed by atoms with van der Waals surface area (Å²) in [7, 11) is 0. The van der Waals surface area contributed by atoms with E-state index in [1.54, 1.807) is 6.07 Å². The Kier molecular flexibility index (Phi) is 6.68. The number of carbonyl (C=O) groups is 1. The maximum Gasteiger partial charge on any atom is 0.328 e. The second-order valence-corrected chi connectivity index (χ2v) is 4.18. The molecule has 104 valence electrons. The van der Waals surface area contributed by atoms with Crippen molar-refractivity contribution in [2.75, 3.05) is 13.2 Å². The van der Waals surface area contributed by atoms with Gasteiger partial charge in [-0.05, 0) is 37.1 Å². The van der Waals surface area contributed by atoms with Crippen molar-refractivity contribution in [2.45, 2.75) is 26.4 Å². The van der Waals surface area contributed by atoms with Crippen LogP contribution in [0.25, 0.3) is 6.08 Å². The molecule has 0 aliphatic carbocycles. The minimum absolute atomic E-state index is 0.244. The lowest BCUT2D eigenvalue weighted by molar-refractivity contribution is -0.131. The summed E-state index contributed by atoms with van der Waals surface area (Å²) in [6.07, 6.45) is 3.86. The number of aliphatic carboxylic acids is 1. The molecular weight excluding hydrogens is 244 g/mol. The molecule has 1 N–H and O–H groups in total. The highest BCUT2D eigenvalue weighted by atomic mass is 16.5. The van der Waals surface area contributed by atoms with Crippen LogP contribution in [0.4, 0.5) is 0 Å². The van der Waals surface area contributed by atoms with Crippen molar-refractivity contribution < 1.29 is 19.4 Å². The van der Waals surface area contributed by atoms with Gasteiger partial charge in [0.15, 0.2) is 0 Å². The maximum atomic E-state index is 10.4. The summed E-state index contributed by atoms with van der Waals surface area (Å²) in [5, 5.41) is 8.56. The molecule has 0 heterocycles. The molecule has 19 heavy (non-hydrogen) atoms. The van der Waals surface area contributed by atoms with Gasteiger partial charge in [0.25, 0.3) is 0 Å². The monoisotopic (exact) mass is 264 g/mol. The first-order chi connectivity index (χ1) is 9.11. The highest BCUT2D eigenvalue weighted by Gasteiger charge is 1.99. The summed E-state index contributed by atoms with van der Waals surface area (Å²) < 4.78 is 11.0. The van der Waals surface area contributed by atoms with E-state index >= 15 is 0 Å². The normalized spacial score (nSPS) is 12.5. The number of hydrogen-bond acceptors (Lipinski definition) is 3. The van der Waals surface area contributed by atoms with E-state index in [4.69, 9.17) is 14.6 Å². The van der Waals surface area contributed by atoms with Gasteiger partial charge in [-0.2, -0.15) is 0 Å². The number of carboxylic acids is 1. The topological polar surface area (TPSA) is 55.8 Å². The van der Waals surface area contributed by atoms with Gasteiger partial charge in [0, 0.05) is 6.08 Å². The highest BCUT2D eigenvalue weighted by molar-refractivity contribution is 5.85. The molecule has 1 atom stereocenters. The molecule has 0 fully saturated rings. The van der Waals surface area contributed by atoms with E-state index in [1.165, 1.54) is 6.08 Å². The average Bonchev–Trinajstić information content (AvgIpc) is 2.41. The predicted molar refractivity (Wildman–Crippen MR) is 74.3 cm³/mol. The molecule has 0 saturated heterocycles. The van der Waals surface area contributed by atoms with Crippen LogP contribution in [-0.4, -0.2) is 30.4 Å². The first-order valence-electron chi connectivity index (χ1n) is 6.37. The van der Waals surface area contributed by atoms with Crippen molar-refractivity contribution in [2.24, 2.45) is 0 Å². The van der Waals surface area contributed by atoms with E-state index in [0.29, 0.717) is 19.0 Å². The molecule has 0 saturated carbocycles. The molecule has 0 amide bonds. The van der Waals surface area contributed by atoms with Gasteiger partial charge in [0.05, 0.1) is 12.7 Å². The van der Waals surface area contributed by atoms with Crippen molar-refractivity contribution in [3.63, 3.8) is 0 Å². The largest absolute Gasteiger partial charge is 0.491 e. The maximum absolute atomic E-state index is 10.4. The van der Waals surface area contributed by atoms with E-state index in [1.807, 2.05) is 25.1 Å². The van der Waals surface area contributed by atoms with Gasteiger partial charge in [-0.3, -0.25) is 0 Å². The summed E-state index contributed by atoms with van der Waals surface area (Å²) in [5.74, 6) is -0.256. The Labute approximate surface area is 113 Å². The lowest BCUT2D eigenvalue weighted by Crippen LogP contribution is -2.13. The summed E-state index contributed by atoms with van der Waals surface area (Å²) in [6.45, 7) is 5.13. The van der Waals surface area contributed by atoms with Crippen molar-refractivity contribution in [1.29, 1.82) is 0 Å². The first kappa shape index (κ1) is 15.2. The second-order valence-electron chi connectivity index (χ2n) is 4.18. The fourth-order valence-corrected chi connectivity index (χ4v) is 1.40. The SMILES string of the molecule is CCC(C)OCCOc1cccc(/C=C/C(=O)O)c1. The Morgan fingerprint density at radius 1 is 1.42 bits per heavy atom. The molecule has 0 bridgehead atoms. The van der Waals surface area contributed by atoms with Crippen molar-refractivity contribution in [3.8, 4) is 5.75 Å². The van der Waals surface area contributed by atoms with Gasteiger partial charge < -0.3 is 14.6 Å². The number of benzene rings is 1. The van der Waals surface area contributed by atoms with Gasteiger partial charge in [-0.15, -0.1) is 0 Å². The van der Waals surface area contributed by atoms with E-state index < -0.39 is 5.97 Å². The molecule has 1 aromatic rings. The molecule has 0 aliphatic rings. The fraction of sp³-hybridized carbons (Fsp3) is 0.400. The van der Waals surface area contributed by atoms with Crippen LogP contribution < -0.4 is 4.74 Å². The van der Waals surface area contributed by atoms with E-state index in [-0.39, 0.29) is 6.10 Å². The number of hydrogen-bond donors (Lipinski definition) is 1. The predicted octanol–water partition coefficient (Wildman–Crippen LogP) is 2.98. The molecule has 0 radical (unpaired) electrons. The van der Waals surface area contributed by atoms with Crippen LogP contribution >= 0.6 is 0 Å². The van der Waals surface area contributed by atoms with Crippen molar-refractivity contribution in [1.82, 2.24) is 0 Å². The molecule has 1 unspecified atom stereocenters. The minimum Gasteiger partial charge on any atom is -0.491 e. The minimum atomic E-state index is -0.965. The standard InChI is InChI=1S/C15H20O4/c1-3-12(2)18-9-10-19-14-6-4-5-13(11-14)7-8-15(16)17/h4-8,11-12H,3,9-10H2,1-2H3,(H,16,17)/b8-7+. The molecule has 4 heteroatoms. The quantitative estimate of drug-likeness (QED) is 0.579. The second kappa shape index (κ2) is 8.32. The average molecular weight is 264 g/mol. The van der Waals surface area contributed by atoms with Gasteiger partial charge in [0.2, 0.25) is 0 Å². The Bertz CT molecular complexity index is 426. The van der Waals surface area contributed by atoms with Crippen molar-refractivity contribution in [3.05, 3.63) is 35.9 Å². The van der Waals surface area contributed by atoms with Gasteiger partial charge in [-0.1, -0.05) is 19.1 Å². The summed E-state index contributed by atoms with van der Waals surface area (Å²) in [6, 6.07) is 7.28. The lowest BCUT2D eigenvalue weighted by Gasteiger charge is -2.11. The van der Waals surface area contributed by atoms with E-state index in [9.17, 15) is 4.79 Å². The van der Waals surface area contributed by atoms with Crippen LogP contribution in [-0.2, 0) is 9.53 Å². The Morgan fingerprint density at radius 2 is 2.21 bits per heavy atom.